The highest BCUT2D eigenvalue weighted by atomic mass is 16.2. The second-order valence-corrected chi connectivity index (χ2v) is 8.47. The molecule has 0 aliphatic carbocycles. The molecule has 0 spiro atoms. The molecule has 0 saturated heterocycles. The molecule has 0 bridgehead atoms. The number of hydrogen-bond acceptors (Lipinski definition) is 5. The smallest absolute Gasteiger partial charge is 0.243 e. The lowest BCUT2D eigenvalue weighted by atomic mass is 9.87. The molecular formula is C25H31N5O2. The second-order valence-electron chi connectivity index (χ2n) is 8.47. The zero-order valence-electron chi connectivity index (χ0n) is 18.9. The number of hydrogen-bond donors (Lipinski definition) is 3. The molecule has 168 valence electrons. The molecule has 0 aliphatic rings. The molecule has 32 heavy (non-hydrogen) atoms. The minimum atomic E-state index is -0.953. The number of anilines is 1. The molecule has 2 amide bonds. The third kappa shape index (κ3) is 5.60. The first-order valence-corrected chi connectivity index (χ1v) is 10.9. The van der Waals surface area contributed by atoms with E-state index in [1.54, 1.807) is 6.92 Å². The van der Waals surface area contributed by atoms with Crippen molar-refractivity contribution >= 4 is 28.5 Å². The average Bonchev–Trinajstić information content (AvgIpc) is 2.78. The van der Waals surface area contributed by atoms with Crippen molar-refractivity contribution in [1.29, 1.82) is 0 Å². The van der Waals surface area contributed by atoms with Crippen molar-refractivity contribution < 1.29 is 9.59 Å². The van der Waals surface area contributed by atoms with Gasteiger partial charge in [0.25, 0.3) is 0 Å². The Hall–Kier alpha value is -3.48. The summed E-state index contributed by atoms with van der Waals surface area (Å²) in [5, 5.41) is 7.03. The van der Waals surface area contributed by atoms with Gasteiger partial charge in [-0.05, 0) is 37.0 Å². The Morgan fingerprint density at radius 2 is 1.72 bits per heavy atom. The second kappa shape index (κ2) is 10.2. The van der Waals surface area contributed by atoms with Crippen LogP contribution < -0.4 is 16.4 Å². The molecule has 1 aromatic heterocycles. The minimum Gasteiger partial charge on any atom is -0.368 e. The van der Waals surface area contributed by atoms with Gasteiger partial charge in [-0.25, -0.2) is 9.97 Å². The first-order chi connectivity index (χ1) is 15.3. The first kappa shape index (κ1) is 23.2. The van der Waals surface area contributed by atoms with Crippen LogP contribution in [0.3, 0.4) is 0 Å². The van der Waals surface area contributed by atoms with E-state index in [1.165, 1.54) is 0 Å². The summed E-state index contributed by atoms with van der Waals surface area (Å²) < 4.78 is 0. The highest BCUT2D eigenvalue weighted by Gasteiger charge is 2.35. The number of aromatic nitrogens is 2. The largest absolute Gasteiger partial charge is 0.368 e. The Bertz CT molecular complexity index is 1080. The SMILES string of the molecule is CC(C)[C@@](C)(Nc1nc(CCCC(=O)NCc2ccccc2)nc2ccccc12)C(N)=O. The van der Waals surface area contributed by atoms with Gasteiger partial charge in [0.2, 0.25) is 11.8 Å². The van der Waals surface area contributed by atoms with Crippen LogP contribution in [0.25, 0.3) is 10.9 Å². The van der Waals surface area contributed by atoms with Gasteiger partial charge < -0.3 is 16.4 Å². The third-order valence-electron chi connectivity index (χ3n) is 5.83. The monoisotopic (exact) mass is 433 g/mol. The van der Waals surface area contributed by atoms with E-state index in [0.717, 1.165) is 16.5 Å². The lowest BCUT2D eigenvalue weighted by Crippen LogP contribution is -2.52. The van der Waals surface area contributed by atoms with Crippen molar-refractivity contribution in [3.63, 3.8) is 0 Å². The van der Waals surface area contributed by atoms with Crippen LogP contribution in [-0.2, 0) is 22.6 Å². The van der Waals surface area contributed by atoms with E-state index in [2.05, 4.69) is 20.6 Å². The van der Waals surface area contributed by atoms with E-state index in [1.807, 2.05) is 68.4 Å². The van der Waals surface area contributed by atoms with Gasteiger partial charge in [0.1, 0.15) is 17.2 Å². The van der Waals surface area contributed by atoms with Crippen LogP contribution in [0.1, 0.15) is 45.0 Å². The quantitative estimate of drug-likeness (QED) is 0.453. The summed E-state index contributed by atoms with van der Waals surface area (Å²) in [6.45, 7) is 6.18. The standard InChI is InChI=1S/C25H31N5O2/c1-17(2)25(3,24(26)32)30-23-19-12-7-8-13-20(19)28-21(29-23)14-9-15-22(31)27-16-18-10-5-4-6-11-18/h4-8,10-13,17H,9,14-16H2,1-3H3,(H2,26,32)(H,27,31)(H,28,29,30)/t25-/m1/s1. The fourth-order valence-corrected chi connectivity index (χ4v) is 3.36. The summed E-state index contributed by atoms with van der Waals surface area (Å²) in [4.78, 5) is 33.7. The molecule has 3 rings (SSSR count). The van der Waals surface area contributed by atoms with Crippen molar-refractivity contribution in [1.82, 2.24) is 15.3 Å². The average molecular weight is 434 g/mol. The van der Waals surface area contributed by atoms with Gasteiger partial charge >= 0.3 is 0 Å². The first-order valence-electron chi connectivity index (χ1n) is 10.9. The maximum Gasteiger partial charge on any atom is 0.243 e. The molecule has 7 nitrogen and oxygen atoms in total. The zero-order chi connectivity index (χ0) is 23.1. The van der Waals surface area contributed by atoms with Gasteiger partial charge in [0.05, 0.1) is 5.52 Å². The number of carbonyl (C=O) groups excluding carboxylic acids is 2. The fraction of sp³-hybridized carbons (Fsp3) is 0.360. The maximum atomic E-state index is 12.2. The van der Waals surface area contributed by atoms with Gasteiger partial charge in [-0.3, -0.25) is 9.59 Å². The van der Waals surface area contributed by atoms with Gasteiger partial charge in [-0.15, -0.1) is 0 Å². The number of nitrogens with two attached hydrogens (primary N) is 1. The summed E-state index contributed by atoms with van der Waals surface area (Å²) in [6, 6.07) is 17.5. The molecule has 4 N–H and O–H groups in total. The predicted octanol–water partition coefficient (Wildman–Crippen LogP) is 3.58. The lowest BCUT2D eigenvalue weighted by Gasteiger charge is -2.32. The predicted molar refractivity (Wildman–Crippen MR) is 127 cm³/mol. The maximum absolute atomic E-state index is 12.2. The molecule has 0 saturated carbocycles. The van der Waals surface area contributed by atoms with E-state index >= 15 is 0 Å². The Morgan fingerprint density at radius 1 is 1.03 bits per heavy atom. The molecular weight excluding hydrogens is 402 g/mol. The summed E-state index contributed by atoms with van der Waals surface area (Å²) in [5.41, 5.74) is 6.59. The molecule has 2 aromatic carbocycles. The number of benzene rings is 2. The molecule has 0 radical (unpaired) electrons. The van der Waals surface area contributed by atoms with Crippen molar-refractivity contribution in [2.45, 2.75) is 52.1 Å². The van der Waals surface area contributed by atoms with E-state index in [9.17, 15) is 9.59 Å². The van der Waals surface area contributed by atoms with E-state index in [0.29, 0.717) is 37.4 Å². The number of primary amides is 1. The van der Waals surface area contributed by atoms with Crippen LogP contribution in [0.2, 0.25) is 0 Å². The lowest BCUT2D eigenvalue weighted by molar-refractivity contribution is -0.123. The number of rotatable bonds is 10. The highest BCUT2D eigenvalue weighted by molar-refractivity contribution is 5.93. The van der Waals surface area contributed by atoms with E-state index in [-0.39, 0.29) is 11.8 Å². The van der Waals surface area contributed by atoms with Crippen LogP contribution in [0, 0.1) is 5.92 Å². The number of carbonyl (C=O) groups is 2. The summed E-state index contributed by atoms with van der Waals surface area (Å²) in [5.74, 6) is 0.721. The number of aryl methyl sites for hydroxylation is 1. The van der Waals surface area contributed by atoms with Crippen LogP contribution in [0.4, 0.5) is 5.82 Å². The van der Waals surface area contributed by atoms with Crippen molar-refractivity contribution in [2.75, 3.05) is 5.32 Å². The van der Waals surface area contributed by atoms with Crippen molar-refractivity contribution in [3.8, 4) is 0 Å². The highest BCUT2D eigenvalue weighted by Crippen LogP contribution is 2.27. The van der Waals surface area contributed by atoms with Gasteiger partial charge in [0, 0.05) is 24.8 Å². The number of para-hydroxylation sites is 1. The Labute approximate surface area is 188 Å². The van der Waals surface area contributed by atoms with Crippen LogP contribution in [-0.4, -0.2) is 27.3 Å². The molecule has 3 aromatic rings. The fourth-order valence-electron chi connectivity index (χ4n) is 3.36. The van der Waals surface area contributed by atoms with Crippen LogP contribution in [0.15, 0.2) is 54.6 Å². The van der Waals surface area contributed by atoms with E-state index < -0.39 is 11.4 Å². The number of fused-ring (bicyclic) bond motifs is 1. The Kier molecular flexibility index (Phi) is 7.41. The van der Waals surface area contributed by atoms with Crippen molar-refractivity contribution in [3.05, 3.63) is 66.0 Å². The normalized spacial score (nSPS) is 13.0. The summed E-state index contributed by atoms with van der Waals surface area (Å²) >= 11 is 0. The molecule has 0 unspecified atom stereocenters. The Balaban J connectivity index is 1.69. The minimum absolute atomic E-state index is 0.00546. The Morgan fingerprint density at radius 3 is 2.41 bits per heavy atom. The van der Waals surface area contributed by atoms with Crippen LogP contribution >= 0.6 is 0 Å². The molecule has 1 atom stereocenters. The number of amides is 2. The van der Waals surface area contributed by atoms with Crippen LogP contribution in [0.5, 0.6) is 0 Å². The number of nitrogens with one attached hydrogen (secondary N) is 2. The topological polar surface area (TPSA) is 110 Å². The zero-order valence-corrected chi connectivity index (χ0v) is 18.9. The molecule has 0 aliphatic heterocycles. The summed E-state index contributed by atoms with van der Waals surface area (Å²) in [7, 11) is 0. The van der Waals surface area contributed by atoms with Crippen molar-refractivity contribution in [2.24, 2.45) is 11.7 Å². The van der Waals surface area contributed by atoms with E-state index in [4.69, 9.17) is 5.73 Å². The summed E-state index contributed by atoms with van der Waals surface area (Å²) in [6.07, 6.45) is 1.56. The van der Waals surface area contributed by atoms with Gasteiger partial charge in [0.15, 0.2) is 0 Å². The third-order valence-corrected chi connectivity index (χ3v) is 5.83. The van der Waals surface area contributed by atoms with Gasteiger partial charge in [-0.2, -0.15) is 0 Å². The van der Waals surface area contributed by atoms with Gasteiger partial charge in [-0.1, -0.05) is 56.3 Å². The molecule has 0 fully saturated rings. The molecule has 7 heteroatoms. The number of nitrogens with zero attached hydrogens (tertiary/aromatic N) is 2. The molecule has 1 heterocycles.